The van der Waals surface area contributed by atoms with Gasteiger partial charge in [-0.05, 0) is 48.2 Å². The van der Waals surface area contributed by atoms with Crippen LogP contribution in [0.1, 0.15) is 21.5 Å². The Balaban J connectivity index is 2.61. The number of hydrogen-bond acceptors (Lipinski definition) is 3. The monoisotopic (exact) mass is 255 g/mol. The zero-order valence-corrected chi connectivity index (χ0v) is 10.7. The van der Waals surface area contributed by atoms with Crippen LogP contribution in [0.5, 0.6) is 0 Å². The summed E-state index contributed by atoms with van der Waals surface area (Å²) >= 11 is 0. The maximum atomic E-state index is 11.0. The molecule has 2 aromatic rings. The molecule has 0 aliphatic rings. The summed E-state index contributed by atoms with van der Waals surface area (Å²) in [5.41, 5.74) is 3.98. The largest absolute Gasteiger partial charge is 0.298 e. The summed E-state index contributed by atoms with van der Waals surface area (Å²) < 4.78 is 0. The second kappa shape index (κ2) is 5.02. The topological polar surface area (TPSA) is 60.2 Å². The molecule has 0 amide bonds. The highest BCUT2D eigenvalue weighted by atomic mass is 16.6. The van der Waals surface area contributed by atoms with Crippen molar-refractivity contribution < 1.29 is 9.72 Å². The zero-order chi connectivity index (χ0) is 14.0. The average molecular weight is 255 g/mol. The number of hydrogen-bond donors (Lipinski definition) is 0. The summed E-state index contributed by atoms with van der Waals surface area (Å²) in [5.74, 6) is 0. The Hall–Kier alpha value is -2.49. The molecule has 0 aromatic heterocycles. The van der Waals surface area contributed by atoms with Gasteiger partial charge in [-0.15, -0.1) is 0 Å². The average Bonchev–Trinajstić information content (AvgIpc) is 2.41. The second-order valence-corrected chi connectivity index (χ2v) is 4.40. The summed E-state index contributed by atoms with van der Waals surface area (Å²) in [6.45, 7) is 4.00. The Morgan fingerprint density at radius 1 is 1.16 bits per heavy atom. The third kappa shape index (κ3) is 2.38. The lowest BCUT2D eigenvalue weighted by Crippen LogP contribution is -1.95. The van der Waals surface area contributed by atoms with Crippen molar-refractivity contribution in [2.45, 2.75) is 13.8 Å². The third-order valence-corrected chi connectivity index (χ3v) is 3.27. The molecule has 0 atom stereocenters. The number of nitro benzene ring substituents is 1. The third-order valence-electron chi connectivity index (χ3n) is 3.27. The van der Waals surface area contributed by atoms with E-state index < -0.39 is 4.92 Å². The van der Waals surface area contributed by atoms with Crippen molar-refractivity contribution in [2.24, 2.45) is 0 Å². The number of carbonyl (C=O) groups is 1. The zero-order valence-electron chi connectivity index (χ0n) is 10.7. The summed E-state index contributed by atoms with van der Waals surface area (Å²) in [6.07, 6.45) is 0.521. The van der Waals surface area contributed by atoms with Gasteiger partial charge in [-0.2, -0.15) is 0 Å². The quantitative estimate of drug-likeness (QED) is 0.477. The molecule has 0 aliphatic heterocycles. The molecule has 0 unspecified atom stereocenters. The van der Waals surface area contributed by atoms with Crippen molar-refractivity contribution in [1.82, 2.24) is 0 Å². The molecule has 19 heavy (non-hydrogen) atoms. The fourth-order valence-corrected chi connectivity index (χ4v) is 2.05. The van der Waals surface area contributed by atoms with Gasteiger partial charge < -0.3 is 0 Å². The molecule has 0 radical (unpaired) electrons. The van der Waals surface area contributed by atoms with Gasteiger partial charge in [-0.25, -0.2) is 0 Å². The van der Waals surface area contributed by atoms with Crippen LogP contribution in [-0.4, -0.2) is 11.2 Å². The highest BCUT2D eigenvalue weighted by molar-refractivity contribution is 5.85. The van der Waals surface area contributed by atoms with Crippen LogP contribution < -0.4 is 0 Å². The first-order chi connectivity index (χ1) is 9.04. The molecule has 0 spiro atoms. The molecule has 0 saturated heterocycles. The van der Waals surface area contributed by atoms with Gasteiger partial charge in [0, 0.05) is 6.07 Å². The molecular formula is C15H13NO3. The van der Waals surface area contributed by atoms with Crippen LogP contribution >= 0.6 is 0 Å². The van der Waals surface area contributed by atoms with E-state index in [0.29, 0.717) is 6.29 Å². The number of carbonyl (C=O) groups excluding carboxylic acids is 1. The van der Waals surface area contributed by atoms with Gasteiger partial charge in [0.1, 0.15) is 0 Å². The standard InChI is InChI=1S/C15H13NO3/c1-10-4-3-5-14(11(10)2)12-6-7-15(16(18)19)13(8-12)9-17/h3-9H,1-2H3. The van der Waals surface area contributed by atoms with Gasteiger partial charge in [-0.1, -0.05) is 18.2 Å². The van der Waals surface area contributed by atoms with Gasteiger partial charge in [0.2, 0.25) is 0 Å². The molecule has 0 heterocycles. The summed E-state index contributed by atoms with van der Waals surface area (Å²) in [7, 11) is 0. The highest BCUT2D eigenvalue weighted by Gasteiger charge is 2.14. The summed E-state index contributed by atoms with van der Waals surface area (Å²) in [6, 6.07) is 10.5. The minimum atomic E-state index is -0.545. The maximum Gasteiger partial charge on any atom is 0.279 e. The van der Waals surface area contributed by atoms with E-state index in [1.165, 1.54) is 6.07 Å². The first-order valence-corrected chi connectivity index (χ1v) is 5.85. The molecular weight excluding hydrogens is 242 g/mol. The lowest BCUT2D eigenvalue weighted by atomic mass is 9.95. The predicted octanol–water partition coefficient (Wildman–Crippen LogP) is 3.69. The Morgan fingerprint density at radius 3 is 2.53 bits per heavy atom. The van der Waals surface area contributed by atoms with Gasteiger partial charge in [0.05, 0.1) is 10.5 Å². The Labute approximate surface area is 110 Å². The Morgan fingerprint density at radius 2 is 1.89 bits per heavy atom. The molecule has 0 aliphatic carbocycles. The van der Waals surface area contributed by atoms with Crippen molar-refractivity contribution in [3.05, 3.63) is 63.2 Å². The van der Waals surface area contributed by atoms with Crippen molar-refractivity contribution in [2.75, 3.05) is 0 Å². The van der Waals surface area contributed by atoms with Crippen LogP contribution in [0.15, 0.2) is 36.4 Å². The molecule has 4 nitrogen and oxygen atoms in total. The number of aryl methyl sites for hydroxylation is 1. The molecule has 2 aromatic carbocycles. The molecule has 0 fully saturated rings. The highest BCUT2D eigenvalue weighted by Crippen LogP contribution is 2.29. The van der Waals surface area contributed by atoms with E-state index in [2.05, 4.69) is 0 Å². The minimum absolute atomic E-state index is 0.100. The maximum absolute atomic E-state index is 11.0. The molecule has 0 N–H and O–H groups in total. The van der Waals surface area contributed by atoms with Crippen molar-refractivity contribution >= 4 is 12.0 Å². The SMILES string of the molecule is Cc1cccc(-c2ccc([N+](=O)[O-])c(C=O)c2)c1C. The van der Waals surface area contributed by atoms with Crippen molar-refractivity contribution in [3.63, 3.8) is 0 Å². The van der Waals surface area contributed by atoms with E-state index in [9.17, 15) is 14.9 Å². The van der Waals surface area contributed by atoms with Crippen LogP contribution in [0.3, 0.4) is 0 Å². The van der Waals surface area contributed by atoms with E-state index >= 15 is 0 Å². The fourth-order valence-electron chi connectivity index (χ4n) is 2.05. The van der Waals surface area contributed by atoms with E-state index in [1.54, 1.807) is 12.1 Å². The Bertz CT molecular complexity index is 662. The van der Waals surface area contributed by atoms with Crippen LogP contribution in [0.2, 0.25) is 0 Å². The molecule has 0 bridgehead atoms. The van der Waals surface area contributed by atoms with Crippen LogP contribution in [-0.2, 0) is 0 Å². The first-order valence-electron chi connectivity index (χ1n) is 5.85. The summed E-state index contributed by atoms with van der Waals surface area (Å²) in [4.78, 5) is 21.2. The number of rotatable bonds is 3. The van der Waals surface area contributed by atoms with Crippen molar-refractivity contribution in [1.29, 1.82) is 0 Å². The molecule has 4 heteroatoms. The van der Waals surface area contributed by atoms with Gasteiger partial charge in [-0.3, -0.25) is 14.9 Å². The van der Waals surface area contributed by atoms with Gasteiger partial charge in [0.25, 0.3) is 5.69 Å². The van der Waals surface area contributed by atoms with Crippen molar-refractivity contribution in [3.8, 4) is 11.1 Å². The van der Waals surface area contributed by atoms with E-state index in [1.807, 2.05) is 32.0 Å². The first kappa shape index (κ1) is 13.0. The van der Waals surface area contributed by atoms with E-state index in [-0.39, 0.29) is 11.3 Å². The number of nitrogens with zero attached hydrogens (tertiary/aromatic N) is 1. The molecule has 2 rings (SSSR count). The minimum Gasteiger partial charge on any atom is -0.298 e. The lowest BCUT2D eigenvalue weighted by molar-refractivity contribution is -0.385. The Kier molecular flexibility index (Phi) is 3.42. The van der Waals surface area contributed by atoms with Crippen LogP contribution in [0.4, 0.5) is 5.69 Å². The van der Waals surface area contributed by atoms with Crippen LogP contribution in [0, 0.1) is 24.0 Å². The van der Waals surface area contributed by atoms with Gasteiger partial charge in [0.15, 0.2) is 6.29 Å². The number of benzene rings is 2. The lowest BCUT2D eigenvalue weighted by Gasteiger charge is -2.09. The smallest absolute Gasteiger partial charge is 0.279 e. The second-order valence-electron chi connectivity index (χ2n) is 4.40. The summed E-state index contributed by atoms with van der Waals surface area (Å²) in [5, 5.41) is 10.8. The number of aldehydes is 1. The molecule has 96 valence electrons. The fraction of sp³-hybridized carbons (Fsp3) is 0.133. The molecule has 0 saturated carbocycles. The van der Waals surface area contributed by atoms with E-state index in [4.69, 9.17) is 0 Å². The van der Waals surface area contributed by atoms with E-state index in [0.717, 1.165) is 22.3 Å². The van der Waals surface area contributed by atoms with Crippen LogP contribution in [0.25, 0.3) is 11.1 Å². The predicted molar refractivity (Wildman–Crippen MR) is 73.4 cm³/mol. The van der Waals surface area contributed by atoms with Gasteiger partial charge >= 0.3 is 0 Å². The normalized spacial score (nSPS) is 10.2. The number of nitro groups is 1.